The number of hydrogen-bond acceptors (Lipinski definition) is 5. The van der Waals surface area contributed by atoms with Gasteiger partial charge in [0.05, 0.1) is 12.0 Å². The molecular weight excluding hydrogens is 304 g/mol. The molecule has 0 saturated heterocycles. The Morgan fingerprint density at radius 1 is 1.22 bits per heavy atom. The summed E-state index contributed by atoms with van der Waals surface area (Å²) in [6, 6.07) is -0.786. The SMILES string of the molecule is C=CCOC(=O)NC[C@H](C(CC)C(=O)O)N(C)C(=O)OCC=C. The zero-order chi connectivity index (χ0) is 17.8. The highest BCUT2D eigenvalue weighted by molar-refractivity contribution is 5.74. The summed E-state index contributed by atoms with van der Waals surface area (Å²) < 4.78 is 9.66. The largest absolute Gasteiger partial charge is 0.481 e. The molecular formula is C15H24N2O6. The summed E-state index contributed by atoms with van der Waals surface area (Å²) in [6.07, 6.45) is 1.67. The quantitative estimate of drug-likeness (QED) is 0.591. The van der Waals surface area contributed by atoms with Crippen molar-refractivity contribution in [2.75, 3.05) is 26.8 Å². The topological polar surface area (TPSA) is 105 Å². The Balaban J connectivity index is 4.96. The van der Waals surface area contributed by atoms with E-state index in [0.29, 0.717) is 0 Å². The number of ether oxygens (including phenoxy) is 2. The standard InChI is InChI=1S/C15H24N2O6/c1-5-8-22-14(20)16-10-12(11(7-3)13(18)19)17(4)15(21)23-9-6-2/h5-6,11-12H,1-2,7-10H2,3-4H3,(H,16,20)(H,18,19)/t11?,12-/m1/s1. The monoisotopic (exact) mass is 328 g/mol. The summed E-state index contributed by atoms with van der Waals surface area (Å²) in [5.41, 5.74) is 0. The van der Waals surface area contributed by atoms with Gasteiger partial charge in [0.25, 0.3) is 0 Å². The molecule has 8 nitrogen and oxygen atoms in total. The van der Waals surface area contributed by atoms with E-state index in [1.165, 1.54) is 19.2 Å². The first-order chi connectivity index (χ1) is 10.9. The van der Waals surface area contributed by atoms with Crippen molar-refractivity contribution in [1.82, 2.24) is 10.2 Å². The molecule has 0 aliphatic heterocycles. The number of nitrogens with one attached hydrogen (secondary N) is 1. The minimum atomic E-state index is -1.07. The summed E-state index contributed by atoms with van der Waals surface area (Å²) in [5.74, 6) is -1.93. The van der Waals surface area contributed by atoms with E-state index in [2.05, 4.69) is 18.5 Å². The molecule has 0 aromatic rings. The number of alkyl carbamates (subject to hydrolysis) is 1. The van der Waals surface area contributed by atoms with Gasteiger partial charge in [0.15, 0.2) is 0 Å². The second kappa shape index (κ2) is 11.1. The third-order valence-electron chi connectivity index (χ3n) is 3.12. The van der Waals surface area contributed by atoms with Crippen LogP contribution in [0.5, 0.6) is 0 Å². The Labute approximate surface area is 135 Å². The lowest BCUT2D eigenvalue weighted by Gasteiger charge is -2.31. The van der Waals surface area contributed by atoms with Crippen molar-refractivity contribution in [2.45, 2.75) is 19.4 Å². The second-order valence-corrected chi connectivity index (χ2v) is 4.66. The van der Waals surface area contributed by atoms with Crippen LogP contribution in [0.3, 0.4) is 0 Å². The Morgan fingerprint density at radius 2 is 1.78 bits per heavy atom. The molecule has 23 heavy (non-hydrogen) atoms. The molecule has 0 aromatic carbocycles. The molecule has 2 amide bonds. The molecule has 0 radical (unpaired) electrons. The number of likely N-dealkylation sites (N-methyl/N-ethyl adjacent to an activating group) is 1. The smallest absolute Gasteiger partial charge is 0.410 e. The molecule has 0 spiro atoms. The van der Waals surface area contributed by atoms with Crippen molar-refractivity contribution in [1.29, 1.82) is 0 Å². The molecule has 130 valence electrons. The van der Waals surface area contributed by atoms with Crippen LogP contribution in [-0.4, -0.2) is 61.0 Å². The first-order valence-electron chi connectivity index (χ1n) is 7.13. The highest BCUT2D eigenvalue weighted by Gasteiger charge is 2.33. The average molecular weight is 328 g/mol. The molecule has 0 fully saturated rings. The van der Waals surface area contributed by atoms with E-state index in [0.717, 1.165) is 4.90 Å². The van der Waals surface area contributed by atoms with Gasteiger partial charge in [-0.25, -0.2) is 9.59 Å². The minimum absolute atomic E-state index is 0.00849. The number of amides is 2. The maximum absolute atomic E-state index is 11.9. The first kappa shape index (κ1) is 20.5. The summed E-state index contributed by atoms with van der Waals surface area (Å²) in [5, 5.41) is 11.7. The van der Waals surface area contributed by atoms with E-state index in [4.69, 9.17) is 9.47 Å². The fourth-order valence-electron chi connectivity index (χ4n) is 1.90. The van der Waals surface area contributed by atoms with Gasteiger partial charge in [-0.05, 0) is 6.42 Å². The number of aliphatic carboxylic acids is 1. The normalized spacial score (nSPS) is 12.4. The molecule has 1 unspecified atom stereocenters. The molecule has 0 bridgehead atoms. The van der Waals surface area contributed by atoms with Gasteiger partial charge in [-0.15, -0.1) is 0 Å². The van der Waals surface area contributed by atoms with E-state index in [1.54, 1.807) is 6.92 Å². The highest BCUT2D eigenvalue weighted by Crippen LogP contribution is 2.15. The number of carboxylic acid groups (broad SMARTS) is 1. The third kappa shape index (κ3) is 7.35. The maximum Gasteiger partial charge on any atom is 0.410 e. The molecule has 0 aliphatic carbocycles. The van der Waals surface area contributed by atoms with Crippen molar-refractivity contribution < 1.29 is 29.0 Å². The van der Waals surface area contributed by atoms with Crippen LogP contribution >= 0.6 is 0 Å². The lowest BCUT2D eigenvalue weighted by Crippen LogP contribution is -2.51. The summed E-state index contributed by atoms with van der Waals surface area (Å²) in [6.45, 7) is 8.49. The van der Waals surface area contributed by atoms with E-state index in [1.807, 2.05) is 0 Å². The highest BCUT2D eigenvalue weighted by atomic mass is 16.6. The van der Waals surface area contributed by atoms with Gasteiger partial charge in [-0.2, -0.15) is 0 Å². The minimum Gasteiger partial charge on any atom is -0.481 e. The van der Waals surface area contributed by atoms with Gasteiger partial charge in [-0.3, -0.25) is 4.79 Å². The Bertz CT molecular complexity index is 438. The van der Waals surface area contributed by atoms with Crippen molar-refractivity contribution in [2.24, 2.45) is 5.92 Å². The van der Waals surface area contributed by atoms with Crippen LogP contribution in [0, 0.1) is 5.92 Å². The lowest BCUT2D eigenvalue weighted by atomic mass is 9.96. The van der Waals surface area contributed by atoms with Crippen LogP contribution in [0.2, 0.25) is 0 Å². The van der Waals surface area contributed by atoms with Gasteiger partial charge in [0, 0.05) is 13.6 Å². The average Bonchev–Trinajstić information content (AvgIpc) is 2.53. The van der Waals surface area contributed by atoms with Crippen molar-refractivity contribution >= 4 is 18.2 Å². The Kier molecular flexibility index (Phi) is 9.90. The number of carbonyl (C=O) groups is 3. The first-order valence-corrected chi connectivity index (χ1v) is 7.13. The van der Waals surface area contributed by atoms with Crippen molar-refractivity contribution in [3.8, 4) is 0 Å². The van der Waals surface area contributed by atoms with Gasteiger partial charge in [-0.1, -0.05) is 32.2 Å². The molecule has 2 N–H and O–H groups in total. The zero-order valence-corrected chi connectivity index (χ0v) is 13.5. The second-order valence-electron chi connectivity index (χ2n) is 4.66. The Morgan fingerprint density at radius 3 is 2.26 bits per heavy atom. The third-order valence-corrected chi connectivity index (χ3v) is 3.12. The summed E-state index contributed by atoms with van der Waals surface area (Å²) in [7, 11) is 1.42. The molecule has 0 aromatic heterocycles. The summed E-state index contributed by atoms with van der Waals surface area (Å²) >= 11 is 0. The van der Waals surface area contributed by atoms with Gasteiger partial charge < -0.3 is 24.8 Å². The summed E-state index contributed by atoms with van der Waals surface area (Å²) in [4.78, 5) is 35.9. The molecule has 8 heteroatoms. The molecule has 0 aliphatic rings. The fourth-order valence-corrected chi connectivity index (χ4v) is 1.90. The number of carbonyl (C=O) groups excluding carboxylic acids is 2. The van der Waals surface area contributed by atoms with Crippen LogP contribution in [-0.2, 0) is 14.3 Å². The lowest BCUT2D eigenvalue weighted by molar-refractivity contribution is -0.143. The van der Waals surface area contributed by atoms with Gasteiger partial charge in [0.2, 0.25) is 0 Å². The van der Waals surface area contributed by atoms with Gasteiger partial charge >= 0.3 is 18.2 Å². The predicted octanol–water partition coefficient (Wildman–Crippen LogP) is 1.63. The van der Waals surface area contributed by atoms with E-state index >= 15 is 0 Å². The Hall–Kier alpha value is -2.51. The number of hydrogen-bond donors (Lipinski definition) is 2. The fraction of sp³-hybridized carbons (Fsp3) is 0.533. The van der Waals surface area contributed by atoms with E-state index in [-0.39, 0.29) is 26.2 Å². The van der Waals surface area contributed by atoms with Crippen LogP contribution in [0.4, 0.5) is 9.59 Å². The molecule has 0 rings (SSSR count). The molecule has 0 saturated carbocycles. The van der Waals surface area contributed by atoms with Gasteiger partial charge in [0.1, 0.15) is 13.2 Å². The van der Waals surface area contributed by atoms with Crippen molar-refractivity contribution in [3.63, 3.8) is 0 Å². The molecule has 0 heterocycles. The number of nitrogens with zero attached hydrogens (tertiary/aromatic N) is 1. The van der Waals surface area contributed by atoms with E-state index < -0.39 is 30.1 Å². The predicted molar refractivity (Wildman–Crippen MR) is 84.1 cm³/mol. The maximum atomic E-state index is 11.9. The van der Waals surface area contributed by atoms with Crippen molar-refractivity contribution in [3.05, 3.63) is 25.3 Å². The van der Waals surface area contributed by atoms with E-state index in [9.17, 15) is 19.5 Å². The number of rotatable bonds is 10. The molecule has 2 atom stereocenters. The van der Waals surface area contributed by atoms with Crippen LogP contribution in [0.25, 0.3) is 0 Å². The number of carboxylic acids is 1. The van der Waals surface area contributed by atoms with Crippen LogP contribution < -0.4 is 5.32 Å². The zero-order valence-electron chi connectivity index (χ0n) is 13.5. The van der Waals surface area contributed by atoms with Crippen LogP contribution in [0.1, 0.15) is 13.3 Å². The van der Waals surface area contributed by atoms with Crippen LogP contribution in [0.15, 0.2) is 25.3 Å².